The molecule has 0 aliphatic carbocycles. The fourth-order valence-electron chi connectivity index (χ4n) is 3.51. The zero-order valence-corrected chi connectivity index (χ0v) is 17.2. The number of benzene rings is 2. The molecule has 29 heavy (non-hydrogen) atoms. The lowest BCUT2D eigenvalue weighted by Crippen LogP contribution is -2.41. The molecule has 1 amide bonds. The van der Waals surface area contributed by atoms with Crippen molar-refractivity contribution in [2.45, 2.75) is 26.3 Å². The van der Waals surface area contributed by atoms with Gasteiger partial charge in [-0.1, -0.05) is 62.4 Å². The van der Waals surface area contributed by atoms with Crippen molar-refractivity contribution in [3.8, 4) is 5.75 Å². The molecule has 5 heteroatoms. The van der Waals surface area contributed by atoms with Crippen LogP contribution in [0.1, 0.15) is 31.9 Å². The van der Waals surface area contributed by atoms with Crippen molar-refractivity contribution in [2.24, 2.45) is 0 Å². The van der Waals surface area contributed by atoms with E-state index in [0.717, 1.165) is 41.7 Å². The fourth-order valence-corrected chi connectivity index (χ4v) is 3.51. The summed E-state index contributed by atoms with van der Waals surface area (Å²) in [6.45, 7) is 6.90. The molecule has 1 N–H and O–H groups in total. The summed E-state index contributed by atoms with van der Waals surface area (Å²) in [4.78, 5) is 19.5. The van der Waals surface area contributed by atoms with Crippen LogP contribution in [0.2, 0.25) is 0 Å². The molecule has 2 aromatic carbocycles. The first-order valence-corrected chi connectivity index (χ1v) is 10.3. The summed E-state index contributed by atoms with van der Waals surface area (Å²) in [5.41, 5.74) is 1.89. The Kier molecular flexibility index (Phi) is 7.59. The molecule has 1 aromatic heterocycles. The van der Waals surface area contributed by atoms with E-state index in [-0.39, 0.29) is 11.9 Å². The predicted octanol–water partition coefficient (Wildman–Crippen LogP) is 4.20. The molecule has 1 unspecified atom stereocenters. The average molecular weight is 392 g/mol. The van der Waals surface area contributed by atoms with Crippen LogP contribution in [0.5, 0.6) is 5.75 Å². The first-order valence-electron chi connectivity index (χ1n) is 10.3. The highest BCUT2D eigenvalue weighted by molar-refractivity contribution is 5.84. The van der Waals surface area contributed by atoms with E-state index in [4.69, 9.17) is 4.74 Å². The monoisotopic (exact) mass is 391 g/mol. The molecule has 0 bridgehead atoms. The second-order valence-electron chi connectivity index (χ2n) is 6.86. The Labute approximate surface area is 172 Å². The van der Waals surface area contributed by atoms with Gasteiger partial charge in [-0.15, -0.1) is 0 Å². The molecular weight excluding hydrogens is 362 g/mol. The maximum atomic E-state index is 12.9. The first-order chi connectivity index (χ1) is 14.2. The second kappa shape index (κ2) is 10.6. The molecule has 1 atom stereocenters. The number of carbonyl (C=O) groups is 1. The highest BCUT2D eigenvalue weighted by Crippen LogP contribution is 2.23. The highest BCUT2D eigenvalue weighted by Gasteiger charge is 2.25. The lowest BCUT2D eigenvalue weighted by Gasteiger charge is -2.29. The minimum atomic E-state index is -0.269. The molecule has 3 aromatic rings. The standard InChI is InChI=1S/C24H29N3O2/c1-3-27(4-2)23(20-11-6-5-7-12-20)24(28)26-17-10-18-29-21-15-8-13-19-14-9-16-25-22(19)21/h5-9,11-16,23H,3-4,10,17-18H2,1-2H3,(H,26,28). The zero-order valence-electron chi connectivity index (χ0n) is 17.2. The van der Waals surface area contributed by atoms with Crippen molar-refractivity contribution in [3.63, 3.8) is 0 Å². The first kappa shape index (κ1) is 20.8. The molecule has 0 aliphatic heterocycles. The summed E-state index contributed by atoms with van der Waals surface area (Å²) < 4.78 is 5.91. The Morgan fingerprint density at radius 3 is 2.55 bits per heavy atom. The number of pyridine rings is 1. The molecule has 0 saturated heterocycles. The van der Waals surface area contributed by atoms with Gasteiger partial charge in [-0.25, -0.2) is 0 Å². The molecule has 0 fully saturated rings. The van der Waals surface area contributed by atoms with Gasteiger partial charge in [-0.2, -0.15) is 0 Å². The Bertz CT molecular complexity index is 905. The van der Waals surface area contributed by atoms with Crippen LogP contribution in [0.3, 0.4) is 0 Å². The number of rotatable bonds is 10. The number of aromatic nitrogens is 1. The summed E-state index contributed by atoms with van der Waals surface area (Å²) >= 11 is 0. The lowest BCUT2D eigenvalue weighted by atomic mass is 10.0. The smallest absolute Gasteiger partial charge is 0.241 e. The van der Waals surface area contributed by atoms with Gasteiger partial charge in [0.05, 0.1) is 6.61 Å². The van der Waals surface area contributed by atoms with Crippen molar-refractivity contribution < 1.29 is 9.53 Å². The molecule has 0 aliphatic rings. The quantitative estimate of drug-likeness (QED) is 0.526. The summed E-state index contributed by atoms with van der Waals surface area (Å²) in [6.07, 6.45) is 2.50. The van der Waals surface area contributed by atoms with Gasteiger partial charge in [-0.3, -0.25) is 14.7 Å². The Balaban J connectivity index is 1.54. The molecule has 5 nitrogen and oxygen atoms in total. The van der Waals surface area contributed by atoms with Crippen LogP contribution in [0.25, 0.3) is 10.9 Å². The SMILES string of the molecule is CCN(CC)C(C(=O)NCCCOc1cccc2cccnc12)c1ccccc1. The van der Waals surface area contributed by atoms with Crippen molar-refractivity contribution in [3.05, 3.63) is 72.4 Å². The number of amides is 1. The van der Waals surface area contributed by atoms with E-state index in [2.05, 4.69) is 29.0 Å². The third-order valence-corrected chi connectivity index (χ3v) is 5.01. The molecular formula is C24H29N3O2. The molecule has 152 valence electrons. The predicted molar refractivity (Wildman–Crippen MR) is 117 cm³/mol. The van der Waals surface area contributed by atoms with Crippen molar-refractivity contribution in [1.82, 2.24) is 15.2 Å². The number of fused-ring (bicyclic) bond motifs is 1. The minimum Gasteiger partial charge on any atom is -0.491 e. The van der Waals surface area contributed by atoms with Crippen LogP contribution in [0, 0.1) is 0 Å². The number of hydrogen-bond acceptors (Lipinski definition) is 4. The summed E-state index contributed by atoms with van der Waals surface area (Å²) in [5, 5.41) is 4.14. The van der Waals surface area contributed by atoms with Crippen LogP contribution in [-0.4, -0.2) is 42.0 Å². The van der Waals surface area contributed by atoms with Gasteiger partial charge in [0.15, 0.2) is 0 Å². The molecule has 3 rings (SSSR count). The second-order valence-corrected chi connectivity index (χ2v) is 6.86. The number of para-hydroxylation sites is 1. The Hall–Kier alpha value is -2.92. The number of carbonyl (C=O) groups excluding carboxylic acids is 1. The number of ether oxygens (including phenoxy) is 1. The minimum absolute atomic E-state index is 0.0340. The van der Waals surface area contributed by atoms with E-state index in [1.165, 1.54) is 0 Å². The maximum Gasteiger partial charge on any atom is 0.241 e. The number of nitrogens with one attached hydrogen (secondary N) is 1. The summed E-state index contributed by atoms with van der Waals surface area (Å²) in [7, 11) is 0. The van der Waals surface area contributed by atoms with Crippen LogP contribution >= 0.6 is 0 Å². The van der Waals surface area contributed by atoms with E-state index >= 15 is 0 Å². The van der Waals surface area contributed by atoms with Gasteiger partial charge in [0.1, 0.15) is 17.3 Å². The summed E-state index contributed by atoms with van der Waals surface area (Å²) in [6, 6.07) is 19.5. The van der Waals surface area contributed by atoms with Gasteiger partial charge >= 0.3 is 0 Å². The molecule has 0 saturated carbocycles. The Morgan fingerprint density at radius 2 is 1.79 bits per heavy atom. The van der Waals surface area contributed by atoms with E-state index in [0.29, 0.717) is 13.2 Å². The van der Waals surface area contributed by atoms with Crippen molar-refractivity contribution in [1.29, 1.82) is 0 Å². The lowest BCUT2D eigenvalue weighted by molar-refractivity contribution is -0.126. The fraction of sp³-hybridized carbons (Fsp3) is 0.333. The zero-order chi connectivity index (χ0) is 20.5. The van der Waals surface area contributed by atoms with Crippen molar-refractivity contribution in [2.75, 3.05) is 26.2 Å². The number of hydrogen-bond donors (Lipinski definition) is 1. The molecule has 1 heterocycles. The van der Waals surface area contributed by atoms with Crippen LogP contribution < -0.4 is 10.1 Å². The van der Waals surface area contributed by atoms with Crippen LogP contribution in [0.15, 0.2) is 66.9 Å². The van der Waals surface area contributed by atoms with Gasteiger partial charge < -0.3 is 10.1 Å². The van der Waals surface area contributed by atoms with E-state index in [9.17, 15) is 4.79 Å². The largest absolute Gasteiger partial charge is 0.491 e. The van der Waals surface area contributed by atoms with E-state index in [1.807, 2.05) is 60.7 Å². The maximum absolute atomic E-state index is 12.9. The normalized spacial score (nSPS) is 12.1. The van der Waals surface area contributed by atoms with Gasteiger partial charge in [0, 0.05) is 18.1 Å². The van der Waals surface area contributed by atoms with Gasteiger partial charge in [0.25, 0.3) is 0 Å². The molecule has 0 spiro atoms. The van der Waals surface area contributed by atoms with E-state index in [1.54, 1.807) is 6.20 Å². The molecule has 0 radical (unpaired) electrons. The van der Waals surface area contributed by atoms with Gasteiger partial charge in [0.2, 0.25) is 5.91 Å². The average Bonchev–Trinajstić information content (AvgIpc) is 2.77. The van der Waals surface area contributed by atoms with E-state index < -0.39 is 0 Å². The Morgan fingerprint density at radius 1 is 1.03 bits per heavy atom. The van der Waals surface area contributed by atoms with Crippen LogP contribution in [-0.2, 0) is 4.79 Å². The summed E-state index contributed by atoms with van der Waals surface area (Å²) in [5.74, 6) is 0.812. The number of nitrogens with zero attached hydrogens (tertiary/aromatic N) is 2. The topological polar surface area (TPSA) is 54.5 Å². The van der Waals surface area contributed by atoms with Crippen molar-refractivity contribution >= 4 is 16.8 Å². The number of likely N-dealkylation sites (N-methyl/N-ethyl adjacent to an activating group) is 1. The van der Waals surface area contributed by atoms with Crippen LogP contribution in [0.4, 0.5) is 0 Å². The third kappa shape index (κ3) is 5.33. The van der Waals surface area contributed by atoms with Gasteiger partial charge in [-0.05, 0) is 37.2 Å². The highest BCUT2D eigenvalue weighted by atomic mass is 16.5. The third-order valence-electron chi connectivity index (χ3n) is 5.01.